The van der Waals surface area contributed by atoms with Crippen molar-refractivity contribution in [1.29, 1.82) is 0 Å². The van der Waals surface area contributed by atoms with Gasteiger partial charge in [-0.05, 0) is 17.2 Å². The highest BCUT2D eigenvalue weighted by Crippen LogP contribution is 2.59. The summed E-state index contributed by atoms with van der Waals surface area (Å²) in [6, 6.07) is 20.1. The van der Waals surface area contributed by atoms with E-state index in [-0.39, 0.29) is 30.0 Å². The molecule has 1 N–H and O–H groups in total. The molecule has 2 aromatic rings. The van der Waals surface area contributed by atoms with Crippen LogP contribution in [-0.4, -0.2) is 32.0 Å². The second kappa shape index (κ2) is 8.85. The normalized spacial score (nSPS) is 22.8. The number of ether oxygens (including phenoxy) is 1. The molecule has 0 saturated heterocycles. The molecule has 1 aliphatic rings. The quantitative estimate of drug-likeness (QED) is 0.699. The van der Waals surface area contributed by atoms with Gasteiger partial charge < -0.3 is 18.9 Å². The molecule has 1 heterocycles. The number of benzene rings is 2. The van der Waals surface area contributed by atoms with Crippen molar-refractivity contribution in [3.05, 3.63) is 83.4 Å². The first-order chi connectivity index (χ1) is 13.1. The highest BCUT2D eigenvalue weighted by molar-refractivity contribution is 7.58. The molecule has 5 nitrogen and oxygen atoms in total. The van der Waals surface area contributed by atoms with Gasteiger partial charge in [-0.15, -0.1) is 0 Å². The smallest absolute Gasteiger partial charge is 0.394 e. The molecule has 0 radical (unpaired) electrons. The van der Waals surface area contributed by atoms with Gasteiger partial charge in [0.05, 0.1) is 0 Å². The lowest BCUT2D eigenvalue weighted by Gasteiger charge is -2.39. The van der Waals surface area contributed by atoms with E-state index in [0.29, 0.717) is 6.42 Å². The fraction of sp³-hybridized carbons (Fsp3) is 0.333. The minimum atomic E-state index is -3.54. The zero-order chi connectivity index (χ0) is 19.3. The average molecular weight is 388 g/mol. The summed E-state index contributed by atoms with van der Waals surface area (Å²) in [5.41, 5.74) is 2.38. The van der Waals surface area contributed by atoms with Crippen molar-refractivity contribution < 1.29 is 23.5 Å². The third kappa shape index (κ3) is 4.17. The zero-order valence-electron chi connectivity index (χ0n) is 15.5. The lowest BCUT2D eigenvalue weighted by Crippen LogP contribution is -2.32. The Morgan fingerprint density at radius 3 is 2.04 bits per heavy atom. The Labute approximate surface area is 160 Å². The maximum absolute atomic E-state index is 13.0. The molecule has 27 heavy (non-hydrogen) atoms. The molecule has 0 aromatic heterocycles. The number of aliphatic hydroxyl groups excluding tert-OH is 1. The maximum Gasteiger partial charge on any atom is 0.394 e. The molecular weight excluding hydrogens is 363 g/mol. The van der Waals surface area contributed by atoms with Crippen molar-refractivity contribution in [1.82, 2.24) is 0 Å². The number of rotatable bonds is 7. The highest BCUT2D eigenvalue weighted by Gasteiger charge is 2.42. The van der Waals surface area contributed by atoms with E-state index in [1.54, 1.807) is 0 Å². The van der Waals surface area contributed by atoms with Crippen LogP contribution in [0.4, 0.5) is 0 Å². The van der Waals surface area contributed by atoms with Crippen LogP contribution in [0.2, 0.25) is 0 Å². The van der Waals surface area contributed by atoms with Gasteiger partial charge in [0.2, 0.25) is 5.50 Å². The third-order valence-electron chi connectivity index (χ3n) is 4.91. The SMILES string of the molecule is COP(=O)(OC)C1=C[C@@H](c2ccccc2)[C@H](c2ccccc2)[C@@H](CCO)O1. The Kier molecular flexibility index (Phi) is 6.51. The van der Waals surface area contributed by atoms with Gasteiger partial charge in [0, 0.05) is 39.1 Å². The van der Waals surface area contributed by atoms with Crippen molar-refractivity contribution >= 4 is 7.60 Å². The standard InChI is InChI=1S/C21H25O5P/c1-24-27(23,25-2)20-15-18(16-9-5-3-6-10-16)21(19(26-20)13-14-22)17-11-7-4-8-12-17/h3-12,15,18-19,21-22H,13-14H2,1-2H3/t18-,19+,21-/m0/s1. The van der Waals surface area contributed by atoms with Crippen LogP contribution in [0.1, 0.15) is 29.4 Å². The monoisotopic (exact) mass is 388 g/mol. The summed E-state index contributed by atoms with van der Waals surface area (Å²) in [5.74, 6) is -0.126. The number of hydrogen-bond donors (Lipinski definition) is 1. The summed E-state index contributed by atoms with van der Waals surface area (Å²) in [6.07, 6.45) is 1.89. The van der Waals surface area contributed by atoms with Crippen LogP contribution in [0.25, 0.3) is 0 Å². The summed E-state index contributed by atoms with van der Waals surface area (Å²) in [4.78, 5) is 0. The fourth-order valence-electron chi connectivity index (χ4n) is 3.61. The van der Waals surface area contributed by atoms with Gasteiger partial charge in [0.15, 0.2) is 0 Å². The van der Waals surface area contributed by atoms with Crippen LogP contribution >= 0.6 is 7.60 Å². The van der Waals surface area contributed by atoms with Gasteiger partial charge >= 0.3 is 7.60 Å². The molecular formula is C21H25O5P. The van der Waals surface area contributed by atoms with E-state index in [4.69, 9.17) is 13.8 Å². The molecule has 0 bridgehead atoms. The van der Waals surface area contributed by atoms with E-state index >= 15 is 0 Å². The summed E-state index contributed by atoms with van der Waals surface area (Å²) in [5, 5.41) is 9.61. The Balaban J connectivity index is 2.14. The molecule has 1 aliphatic heterocycles. The number of aliphatic hydroxyl groups is 1. The fourth-order valence-corrected chi connectivity index (χ4v) is 4.72. The van der Waals surface area contributed by atoms with Crippen molar-refractivity contribution in [2.24, 2.45) is 0 Å². The zero-order valence-corrected chi connectivity index (χ0v) is 16.4. The molecule has 144 valence electrons. The van der Waals surface area contributed by atoms with Gasteiger partial charge in [-0.25, -0.2) is 0 Å². The maximum atomic E-state index is 13.0. The molecule has 0 spiro atoms. The Morgan fingerprint density at radius 2 is 1.52 bits per heavy atom. The van der Waals surface area contributed by atoms with Gasteiger partial charge in [-0.2, -0.15) is 0 Å². The first kappa shape index (κ1) is 19.8. The highest BCUT2D eigenvalue weighted by atomic mass is 31.2. The van der Waals surface area contributed by atoms with Crippen molar-refractivity contribution in [2.45, 2.75) is 24.4 Å². The molecule has 6 heteroatoms. The summed E-state index contributed by atoms with van der Waals surface area (Å²) in [7, 11) is -0.849. The van der Waals surface area contributed by atoms with Crippen LogP contribution in [0.15, 0.2) is 72.2 Å². The molecule has 0 amide bonds. The van der Waals surface area contributed by atoms with Crippen molar-refractivity contribution in [3.8, 4) is 0 Å². The van der Waals surface area contributed by atoms with Crippen LogP contribution in [-0.2, 0) is 18.3 Å². The molecule has 0 saturated carbocycles. The summed E-state index contributed by atoms with van der Waals surface area (Å²) in [6.45, 7) is -0.0347. The predicted molar refractivity (Wildman–Crippen MR) is 105 cm³/mol. The topological polar surface area (TPSA) is 65.0 Å². The second-order valence-corrected chi connectivity index (χ2v) is 8.58. The lowest BCUT2D eigenvalue weighted by atomic mass is 9.76. The van der Waals surface area contributed by atoms with Gasteiger partial charge in [0.1, 0.15) is 6.10 Å². The molecule has 0 fully saturated rings. The predicted octanol–water partition coefficient (Wildman–Crippen LogP) is 4.66. The van der Waals surface area contributed by atoms with E-state index < -0.39 is 7.60 Å². The molecule has 3 rings (SSSR count). The Hall–Kier alpha value is -1.91. The van der Waals surface area contributed by atoms with E-state index in [1.807, 2.05) is 54.6 Å². The van der Waals surface area contributed by atoms with Crippen molar-refractivity contribution in [2.75, 3.05) is 20.8 Å². The number of hydrogen-bond acceptors (Lipinski definition) is 5. The van der Waals surface area contributed by atoms with E-state index in [0.717, 1.165) is 11.1 Å². The molecule has 0 unspecified atom stereocenters. The molecule has 3 atom stereocenters. The number of allylic oxidation sites excluding steroid dienone is 1. The summed E-state index contributed by atoms with van der Waals surface area (Å²) >= 11 is 0. The average Bonchev–Trinajstić information content (AvgIpc) is 2.74. The van der Waals surface area contributed by atoms with Crippen molar-refractivity contribution in [3.63, 3.8) is 0 Å². The van der Waals surface area contributed by atoms with E-state index in [2.05, 4.69) is 12.1 Å². The minimum absolute atomic E-state index is 0.0347. The lowest BCUT2D eigenvalue weighted by molar-refractivity contribution is 0.0540. The largest absolute Gasteiger partial charge is 0.482 e. The van der Waals surface area contributed by atoms with Gasteiger partial charge in [-0.3, -0.25) is 4.57 Å². The van der Waals surface area contributed by atoms with E-state index in [1.165, 1.54) is 14.2 Å². The van der Waals surface area contributed by atoms with Gasteiger partial charge in [0.25, 0.3) is 0 Å². The van der Waals surface area contributed by atoms with Crippen LogP contribution in [0.3, 0.4) is 0 Å². The molecule has 0 aliphatic carbocycles. The van der Waals surface area contributed by atoms with E-state index in [9.17, 15) is 9.67 Å². The Morgan fingerprint density at radius 1 is 0.963 bits per heavy atom. The first-order valence-electron chi connectivity index (χ1n) is 8.94. The minimum Gasteiger partial charge on any atom is -0.482 e. The first-order valence-corrected chi connectivity index (χ1v) is 10.5. The summed E-state index contributed by atoms with van der Waals surface area (Å²) < 4.78 is 29.4. The Bertz CT molecular complexity index is 798. The van der Waals surface area contributed by atoms with Crippen LogP contribution < -0.4 is 0 Å². The second-order valence-electron chi connectivity index (χ2n) is 6.41. The van der Waals surface area contributed by atoms with Gasteiger partial charge in [-0.1, -0.05) is 60.7 Å². The van der Waals surface area contributed by atoms with Crippen LogP contribution in [0, 0.1) is 0 Å². The third-order valence-corrected chi connectivity index (χ3v) is 6.67. The molecule has 2 aromatic carbocycles. The van der Waals surface area contributed by atoms with Crippen LogP contribution in [0.5, 0.6) is 0 Å².